The fourth-order valence-corrected chi connectivity index (χ4v) is 4.70. The Morgan fingerprint density at radius 1 is 0.848 bits per heavy atom. The molecule has 0 N–H and O–H groups in total. The van der Waals surface area contributed by atoms with Crippen LogP contribution in [0.3, 0.4) is 0 Å². The highest BCUT2D eigenvalue weighted by atomic mass is 16.5. The molecule has 0 bridgehead atoms. The van der Waals surface area contributed by atoms with Gasteiger partial charge in [0.2, 0.25) is 0 Å². The van der Waals surface area contributed by atoms with Crippen molar-refractivity contribution in [1.29, 1.82) is 0 Å². The van der Waals surface area contributed by atoms with Crippen molar-refractivity contribution in [2.24, 2.45) is 0 Å². The number of aryl methyl sites for hydroxylation is 1. The zero-order valence-corrected chi connectivity index (χ0v) is 19.4. The quantitative estimate of drug-likeness (QED) is 0.367. The molecule has 0 saturated carbocycles. The second-order valence-corrected chi connectivity index (χ2v) is 8.94. The third-order valence-electron chi connectivity index (χ3n) is 6.56. The van der Waals surface area contributed by atoms with Gasteiger partial charge in [-0.25, -0.2) is 9.50 Å². The molecule has 0 unspecified atom stereocenters. The maximum atomic E-state index is 5.28. The van der Waals surface area contributed by atoms with Crippen LogP contribution in [0.15, 0.2) is 66.7 Å². The van der Waals surface area contributed by atoms with Gasteiger partial charge in [0.05, 0.1) is 12.8 Å². The maximum absolute atomic E-state index is 5.28. The van der Waals surface area contributed by atoms with Crippen molar-refractivity contribution in [1.82, 2.24) is 19.5 Å². The fraction of sp³-hybridized carbons (Fsp3) is 0.357. The van der Waals surface area contributed by atoms with E-state index >= 15 is 0 Å². The molecule has 0 aliphatic carbocycles. The van der Waals surface area contributed by atoms with Gasteiger partial charge in [0, 0.05) is 12.0 Å². The van der Waals surface area contributed by atoms with Crippen molar-refractivity contribution < 1.29 is 4.74 Å². The summed E-state index contributed by atoms with van der Waals surface area (Å²) in [6.45, 7) is 3.79. The fourth-order valence-electron chi connectivity index (χ4n) is 4.70. The minimum atomic E-state index is 0.734. The minimum Gasteiger partial charge on any atom is -0.497 e. The maximum Gasteiger partial charge on any atom is 0.156 e. The van der Waals surface area contributed by atoms with Crippen LogP contribution in [0.25, 0.3) is 16.9 Å². The van der Waals surface area contributed by atoms with E-state index in [0.29, 0.717) is 0 Å². The van der Waals surface area contributed by atoms with E-state index in [1.807, 2.05) is 28.8 Å². The molecule has 2 aromatic carbocycles. The number of methoxy groups -OCH3 is 1. The average molecular weight is 441 g/mol. The van der Waals surface area contributed by atoms with Crippen molar-refractivity contribution in [3.05, 3.63) is 83.7 Å². The summed E-state index contributed by atoms with van der Waals surface area (Å²) >= 11 is 0. The molecule has 4 aromatic rings. The third kappa shape index (κ3) is 5.25. The van der Waals surface area contributed by atoms with Gasteiger partial charge in [-0.2, -0.15) is 5.10 Å². The second-order valence-electron chi connectivity index (χ2n) is 8.94. The molecule has 0 amide bonds. The highest BCUT2D eigenvalue weighted by molar-refractivity contribution is 5.63. The summed E-state index contributed by atoms with van der Waals surface area (Å²) in [5, 5.41) is 4.82. The number of ether oxygens (including phenoxy) is 1. The van der Waals surface area contributed by atoms with Gasteiger partial charge in [0.15, 0.2) is 11.5 Å². The van der Waals surface area contributed by atoms with Gasteiger partial charge in [0.1, 0.15) is 5.75 Å². The van der Waals surface area contributed by atoms with E-state index in [1.54, 1.807) is 7.11 Å². The van der Waals surface area contributed by atoms with Crippen LogP contribution < -0.4 is 4.74 Å². The number of piperidine rings is 1. The van der Waals surface area contributed by atoms with Gasteiger partial charge in [0.25, 0.3) is 0 Å². The normalized spacial score (nSPS) is 14.6. The Labute approximate surface area is 196 Å². The summed E-state index contributed by atoms with van der Waals surface area (Å²) in [6, 6.07) is 23.2. The predicted molar refractivity (Wildman–Crippen MR) is 133 cm³/mol. The molecule has 2 aromatic heterocycles. The lowest BCUT2D eigenvalue weighted by Crippen LogP contribution is -2.30. The number of nitrogens with zero attached hydrogens (tertiary/aromatic N) is 4. The van der Waals surface area contributed by atoms with Gasteiger partial charge in [-0.3, -0.25) is 0 Å². The van der Waals surface area contributed by atoms with Crippen molar-refractivity contribution >= 4 is 5.65 Å². The summed E-state index contributed by atoms with van der Waals surface area (Å²) in [5.74, 6) is 1.69. The molecule has 170 valence electrons. The van der Waals surface area contributed by atoms with Crippen LogP contribution in [0.5, 0.6) is 5.75 Å². The lowest BCUT2D eigenvalue weighted by Gasteiger charge is -2.26. The van der Waals surface area contributed by atoms with Crippen LogP contribution in [0.2, 0.25) is 0 Å². The first-order valence-electron chi connectivity index (χ1n) is 12.1. The molecule has 5 rings (SSSR count). The molecule has 1 aliphatic rings. The number of fused-ring (bicyclic) bond motifs is 1. The monoisotopic (exact) mass is 440 g/mol. The SMILES string of the molecule is COc1ccc(-c2cccc3nc(Cc4ccc(CCCN5CCCCC5)cc4)nn23)cc1. The van der Waals surface area contributed by atoms with E-state index in [0.717, 1.165) is 41.3 Å². The lowest BCUT2D eigenvalue weighted by atomic mass is 10.0. The molecule has 1 saturated heterocycles. The Bertz CT molecular complexity index is 1170. The molecular formula is C28H32N4O. The van der Waals surface area contributed by atoms with Gasteiger partial charge in [-0.1, -0.05) is 36.8 Å². The van der Waals surface area contributed by atoms with Gasteiger partial charge in [-0.05, 0) is 92.8 Å². The number of pyridine rings is 1. The van der Waals surface area contributed by atoms with Gasteiger partial charge >= 0.3 is 0 Å². The summed E-state index contributed by atoms with van der Waals surface area (Å²) in [5.41, 5.74) is 5.65. The number of likely N-dealkylation sites (tertiary alicyclic amines) is 1. The van der Waals surface area contributed by atoms with Crippen LogP contribution in [-0.2, 0) is 12.8 Å². The van der Waals surface area contributed by atoms with E-state index in [1.165, 1.54) is 56.4 Å². The summed E-state index contributed by atoms with van der Waals surface area (Å²) in [7, 11) is 1.68. The van der Waals surface area contributed by atoms with Crippen LogP contribution in [0.4, 0.5) is 0 Å². The summed E-state index contributed by atoms with van der Waals surface area (Å²) in [6.07, 6.45) is 7.26. The number of benzene rings is 2. The highest BCUT2D eigenvalue weighted by Gasteiger charge is 2.11. The lowest BCUT2D eigenvalue weighted by molar-refractivity contribution is 0.226. The zero-order chi connectivity index (χ0) is 22.5. The van der Waals surface area contributed by atoms with E-state index in [2.05, 4.69) is 47.4 Å². The molecule has 0 atom stereocenters. The van der Waals surface area contributed by atoms with Crippen LogP contribution in [-0.4, -0.2) is 46.2 Å². The van der Waals surface area contributed by atoms with Crippen molar-refractivity contribution in [2.75, 3.05) is 26.7 Å². The number of rotatable bonds is 8. The van der Waals surface area contributed by atoms with Crippen molar-refractivity contribution in [3.8, 4) is 17.0 Å². The van der Waals surface area contributed by atoms with Gasteiger partial charge in [-0.15, -0.1) is 0 Å². The Balaban J connectivity index is 1.24. The summed E-state index contributed by atoms with van der Waals surface area (Å²) < 4.78 is 7.22. The van der Waals surface area contributed by atoms with E-state index in [4.69, 9.17) is 14.8 Å². The Kier molecular flexibility index (Phi) is 6.68. The van der Waals surface area contributed by atoms with E-state index < -0.39 is 0 Å². The zero-order valence-electron chi connectivity index (χ0n) is 19.4. The highest BCUT2D eigenvalue weighted by Crippen LogP contribution is 2.23. The van der Waals surface area contributed by atoms with Crippen molar-refractivity contribution in [3.63, 3.8) is 0 Å². The Hall–Kier alpha value is -3.18. The Morgan fingerprint density at radius 2 is 1.61 bits per heavy atom. The average Bonchev–Trinajstić information content (AvgIpc) is 3.28. The molecule has 1 aliphatic heterocycles. The first kappa shape index (κ1) is 21.7. The minimum absolute atomic E-state index is 0.734. The number of aromatic nitrogens is 3. The number of hydrogen-bond acceptors (Lipinski definition) is 4. The molecule has 5 nitrogen and oxygen atoms in total. The molecular weight excluding hydrogens is 408 g/mol. The standard InChI is InChI=1S/C28H32N4O/c1-33-25-16-14-24(15-17-25)26-8-5-9-28-29-27(30-32(26)28)21-23-12-10-22(11-13-23)7-6-20-31-18-3-2-4-19-31/h5,8-17H,2-4,6-7,18-21H2,1H3. The second kappa shape index (κ2) is 10.2. The molecule has 0 radical (unpaired) electrons. The number of hydrogen-bond donors (Lipinski definition) is 0. The largest absolute Gasteiger partial charge is 0.497 e. The molecule has 5 heteroatoms. The molecule has 1 fully saturated rings. The van der Waals surface area contributed by atoms with Crippen LogP contribution >= 0.6 is 0 Å². The first-order chi connectivity index (χ1) is 16.3. The summed E-state index contributed by atoms with van der Waals surface area (Å²) in [4.78, 5) is 7.39. The van der Waals surface area contributed by atoms with Crippen LogP contribution in [0.1, 0.15) is 42.6 Å². The van der Waals surface area contributed by atoms with Gasteiger partial charge < -0.3 is 9.64 Å². The van der Waals surface area contributed by atoms with E-state index in [9.17, 15) is 0 Å². The molecule has 0 spiro atoms. The molecule has 33 heavy (non-hydrogen) atoms. The topological polar surface area (TPSA) is 42.7 Å². The Morgan fingerprint density at radius 3 is 2.36 bits per heavy atom. The first-order valence-corrected chi connectivity index (χ1v) is 12.1. The predicted octanol–water partition coefficient (Wildman–Crippen LogP) is 5.41. The molecule has 3 heterocycles. The third-order valence-corrected chi connectivity index (χ3v) is 6.56. The van der Waals surface area contributed by atoms with E-state index in [-0.39, 0.29) is 0 Å². The van der Waals surface area contributed by atoms with Crippen molar-refractivity contribution in [2.45, 2.75) is 38.5 Å². The van der Waals surface area contributed by atoms with Crippen LogP contribution in [0, 0.1) is 0 Å². The smallest absolute Gasteiger partial charge is 0.156 e.